The number of amides is 1. The van der Waals surface area contributed by atoms with Gasteiger partial charge in [-0.1, -0.05) is 11.6 Å². The number of fused-ring (bicyclic) bond motifs is 1. The van der Waals surface area contributed by atoms with E-state index < -0.39 is 0 Å². The first-order valence-electron chi connectivity index (χ1n) is 7.21. The third-order valence-corrected chi connectivity index (χ3v) is 5.25. The molecular weight excluding hydrogens is 284 g/mol. The molecule has 1 fully saturated rings. The zero-order valence-corrected chi connectivity index (χ0v) is 13.2. The lowest BCUT2D eigenvalue weighted by atomic mass is 10.1. The molecule has 0 saturated carbocycles. The molecule has 1 amide bonds. The van der Waals surface area contributed by atoms with Crippen LogP contribution in [0.3, 0.4) is 0 Å². The maximum Gasteiger partial charge on any atom is 0.266 e. The van der Waals surface area contributed by atoms with Gasteiger partial charge in [-0.2, -0.15) is 0 Å². The largest absolute Gasteiger partial charge is 0.397 e. The minimum absolute atomic E-state index is 0.0353. The van der Waals surface area contributed by atoms with E-state index in [2.05, 4.69) is 0 Å². The fourth-order valence-electron chi connectivity index (χ4n) is 2.85. The van der Waals surface area contributed by atoms with Gasteiger partial charge in [-0.15, -0.1) is 11.3 Å². The Balaban J connectivity index is 1.92. The molecule has 1 aromatic heterocycles. The number of thiophene rings is 1. The highest BCUT2D eigenvalue weighted by Crippen LogP contribution is 2.35. The zero-order chi connectivity index (χ0) is 15.0. The van der Waals surface area contributed by atoms with Crippen LogP contribution in [0.2, 0.25) is 0 Å². The second-order valence-electron chi connectivity index (χ2n) is 5.60. The quantitative estimate of drug-likeness (QED) is 0.928. The Kier molecular flexibility index (Phi) is 3.87. The summed E-state index contributed by atoms with van der Waals surface area (Å²) in [5.74, 6) is 0.0353. The number of nitrogens with zero attached hydrogens (tertiary/aromatic N) is 1. The van der Waals surface area contributed by atoms with E-state index in [0.717, 1.165) is 35.0 Å². The van der Waals surface area contributed by atoms with Crippen LogP contribution < -0.4 is 5.73 Å². The summed E-state index contributed by atoms with van der Waals surface area (Å²) in [7, 11) is 1.70. The summed E-state index contributed by atoms with van der Waals surface area (Å²) in [6.45, 7) is 3.47. The van der Waals surface area contributed by atoms with Gasteiger partial charge in [-0.3, -0.25) is 4.79 Å². The molecule has 4 nitrogen and oxygen atoms in total. The van der Waals surface area contributed by atoms with Gasteiger partial charge in [0, 0.05) is 30.3 Å². The van der Waals surface area contributed by atoms with Crippen molar-refractivity contribution in [2.45, 2.75) is 25.9 Å². The van der Waals surface area contributed by atoms with E-state index in [0.29, 0.717) is 17.1 Å². The van der Waals surface area contributed by atoms with Crippen molar-refractivity contribution in [3.05, 3.63) is 28.6 Å². The van der Waals surface area contributed by atoms with Crippen LogP contribution in [0.15, 0.2) is 18.2 Å². The van der Waals surface area contributed by atoms with E-state index in [-0.39, 0.29) is 12.0 Å². The van der Waals surface area contributed by atoms with E-state index in [4.69, 9.17) is 10.5 Å². The minimum Gasteiger partial charge on any atom is -0.397 e. The molecule has 1 atom stereocenters. The van der Waals surface area contributed by atoms with Crippen LogP contribution in [-0.2, 0) is 4.74 Å². The molecule has 1 aromatic carbocycles. The lowest BCUT2D eigenvalue weighted by molar-refractivity contribution is 0.0272. The number of anilines is 1. The number of hydrogen-bond donors (Lipinski definition) is 1. The number of likely N-dealkylation sites (tertiary alicyclic amines) is 1. The highest BCUT2D eigenvalue weighted by Gasteiger charge is 2.27. The molecule has 1 aliphatic heterocycles. The molecule has 21 heavy (non-hydrogen) atoms. The van der Waals surface area contributed by atoms with Crippen molar-refractivity contribution in [3.8, 4) is 0 Å². The molecule has 0 bridgehead atoms. The summed E-state index contributed by atoms with van der Waals surface area (Å²) in [4.78, 5) is 15.3. The molecule has 0 radical (unpaired) electrons. The zero-order valence-electron chi connectivity index (χ0n) is 12.4. The van der Waals surface area contributed by atoms with E-state index in [1.807, 2.05) is 30.0 Å². The summed E-state index contributed by atoms with van der Waals surface area (Å²) in [5, 5.41) is 0.989. The van der Waals surface area contributed by atoms with Gasteiger partial charge in [0.1, 0.15) is 4.88 Å². The topological polar surface area (TPSA) is 55.6 Å². The Morgan fingerprint density at radius 1 is 1.48 bits per heavy atom. The fourth-order valence-corrected chi connectivity index (χ4v) is 3.92. The van der Waals surface area contributed by atoms with Crippen molar-refractivity contribution in [1.82, 2.24) is 4.90 Å². The summed E-state index contributed by atoms with van der Waals surface area (Å²) in [6.07, 6.45) is 2.13. The fraction of sp³-hybridized carbons (Fsp3) is 0.438. The third-order valence-electron chi connectivity index (χ3n) is 4.07. The van der Waals surface area contributed by atoms with Crippen LogP contribution in [0, 0.1) is 6.92 Å². The maximum absolute atomic E-state index is 12.7. The van der Waals surface area contributed by atoms with Crippen LogP contribution in [0.1, 0.15) is 28.1 Å². The average Bonchev–Trinajstić information content (AvgIpc) is 2.83. The molecule has 1 aliphatic rings. The summed E-state index contributed by atoms with van der Waals surface area (Å²) >= 11 is 1.49. The van der Waals surface area contributed by atoms with Gasteiger partial charge in [0.15, 0.2) is 0 Å². The lowest BCUT2D eigenvalue weighted by Crippen LogP contribution is -2.42. The second kappa shape index (κ2) is 5.66. The molecule has 0 aliphatic carbocycles. The standard InChI is InChI=1S/C16H20N2O2S/c1-10-5-6-13-12(8-10)14(17)15(21-13)16(19)18-7-3-4-11(9-18)20-2/h5-6,8,11H,3-4,7,9,17H2,1-2H3. The number of ether oxygens (including phenoxy) is 1. The smallest absolute Gasteiger partial charge is 0.266 e. The number of carbonyl (C=O) groups is 1. The van der Waals surface area contributed by atoms with Crippen molar-refractivity contribution in [2.75, 3.05) is 25.9 Å². The normalized spacial score (nSPS) is 19.1. The minimum atomic E-state index is 0.0353. The van der Waals surface area contributed by atoms with Gasteiger partial charge in [0.25, 0.3) is 5.91 Å². The van der Waals surface area contributed by atoms with E-state index in [9.17, 15) is 4.79 Å². The molecule has 0 spiro atoms. The number of aryl methyl sites for hydroxylation is 1. The first-order valence-corrected chi connectivity index (χ1v) is 8.02. The van der Waals surface area contributed by atoms with Crippen molar-refractivity contribution in [1.29, 1.82) is 0 Å². The molecule has 2 aromatic rings. The Hall–Kier alpha value is -1.59. The molecule has 5 heteroatoms. The third kappa shape index (κ3) is 2.63. The van der Waals surface area contributed by atoms with Gasteiger partial charge in [-0.25, -0.2) is 0 Å². The molecular formula is C16H20N2O2S. The Labute approximate surface area is 128 Å². The molecule has 1 unspecified atom stereocenters. The Morgan fingerprint density at radius 3 is 3.05 bits per heavy atom. The van der Waals surface area contributed by atoms with Crippen LogP contribution in [0.25, 0.3) is 10.1 Å². The van der Waals surface area contributed by atoms with E-state index >= 15 is 0 Å². The predicted octanol–water partition coefficient (Wildman–Crippen LogP) is 3.04. The first-order chi connectivity index (χ1) is 10.1. The van der Waals surface area contributed by atoms with Crippen LogP contribution >= 0.6 is 11.3 Å². The molecule has 2 heterocycles. The first kappa shape index (κ1) is 14.4. The molecule has 112 valence electrons. The molecule has 3 rings (SSSR count). The number of carbonyl (C=O) groups excluding carboxylic acids is 1. The number of methoxy groups -OCH3 is 1. The molecule has 2 N–H and O–H groups in total. The monoisotopic (exact) mass is 304 g/mol. The van der Waals surface area contributed by atoms with E-state index in [1.165, 1.54) is 11.3 Å². The Bertz CT molecular complexity index is 680. The van der Waals surface area contributed by atoms with Crippen molar-refractivity contribution >= 4 is 33.0 Å². The van der Waals surface area contributed by atoms with E-state index in [1.54, 1.807) is 7.11 Å². The Morgan fingerprint density at radius 2 is 2.29 bits per heavy atom. The van der Waals surface area contributed by atoms with Crippen molar-refractivity contribution < 1.29 is 9.53 Å². The maximum atomic E-state index is 12.7. The number of nitrogens with two attached hydrogens (primary N) is 1. The van der Waals surface area contributed by atoms with Gasteiger partial charge in [0.05, 0.1) is 11.8 Å². The highest BCUT2D eigenvalue weighted by molar-refractivity contribution is 7.21. The van der Waals surface area contributed by atoms with Crippen LogP contribution in [0.4, 0.5) is 5.69 Å². The van der Waals surface area contributed by atoms with Crippen LogP contribution in [-0.4, -0.2) is 37.1 Å². The second-order valence-corrected chi connectivity index (χ2v) is 6.65. The van der Waals surface area contributed by atoms with Gasteiger partial charge in [-0.05, 0) is 31.9 Å². The van der Waals surface area contributed by atoms with Crippen molar-refractivity contribution in [2.24, 2.45) is 0 Å². The van der Waals surface area contributed by atoms with Gasteiger partial charge >= 0.3 is 0 Å². The lowest BCUT2D eigenvalue weighted by Gasteiger charge is -2.31. The average molecular weight is 304 g/mol. The number of nitrogen functional groups attached to an aromatic ring is 1. The van der Waals surface area contributed by atoms with Crippen molar-refractivity contribution in [3.63, 3.8) is 0 Å². The summed E-state index contributed by atoms with van der Waals surface area (Å²) in [6, 6.07) is 6.14. The van der Waals surface area contributed by atoms with Gasteiger partial charge < -0.3 is 15.4 Å². The number of hydrogen-bond acceptors (Lipinski definition) is 4. The molecule has 1 saturated heterocycles. The number of piperidine rings is 1. The number of benzene rings is 1. The SMILES string of the molecule is COC1CCCN(C(=O)c2sc3ccc(C)cc3c2N)C1. The number of rotatable bonds is 2. The highest BCUT2D eigenvalue weighted by atomic mass is 32.1. The summed E-state index contributed by atoms with van der Waals surface area (Å²) < 4.78 is 6.46. The predicted molar refractivity (Wildman–Crippen MR) is 86.9 cm³/mol. The summed E-state index contributed by atoms with van der Waals surface area (Å²) in [5.41, 5.74) is 7.98. The van der Waals surface area contributed by atoms with Gasteiger partial charge in [0.2, 0.25) is 0 Å². The van der Waals surface area contributed by atoms with Crippen LogP contribution in [0.5, 0.6) is 0 Å².